The number of carboxylic acid groups (broad SMARTS) is 1. The smallest absolute Gasteiger partial charge is 0.410 e. The van der Waals surface area contributed by atoms with Gasteiger partial charge in [0.15, 0.2) is 6.04 Å². The van der Waals surface area contributed by atoms with Crippen LogP contribution in [0.1, 0.15) is 39.7 Å². The molecule has 9 nitrogen and oxygen atoms in total. The van der Waals surface area contributed by atoms with E-state index in [-0.39, 0.29) is 12.1 Å². The molecule has 0 aromatic carbocycles. The van der Waals surface area contributed by atoms with Crippen molar-refractivity contribution in [1.82, 2.24) is 14.7 Å². The van der Waals surface area contributed by atoms with E-state index >= 15 is 0 Å². The van der Waals surface area contributed by atoms with Gasteiger partial charge in [0.25, 0.3) is 0 Å². The zero-order valence-electron chi connectivity index (χ0n) is 15.8. The third-order valence-corrected chi connectivity index (χ3v) is 4.47. The van der Waals surface area contributed by atoms with Gasteiger partial charge in [0.2, 0.25) is 0 Å². The van der Waals surface area contributed by atoms with Crippen LogP contribution >= 0.6 is 0 Å². The van der Waals surface area contributed by atoms with Crippen molar-refractivity contribution < 1.29 is 19.4 Å². The molecule has 0 spiro atoms. The molecule has 1 aromatic heterocycles. The Balaban J connectivity index is 1.62. The Hall–Kier alpha value is -2.84. The molecule has 1 amide bonds. The zero-order valence-corrected chi connectivity index (χ0v) is 15.8. The van der Waals surface area contributed by atoms with E-state index in [0.717, 1.165) is 12.8 Å². The van der Waals surface area contributed by atoms with Crippen molar-refractivity contribution in [1.29, 1.82) is 0 Å². The van der Waals surface area contributed by atoms with Gasteiger partial charge in [-0.1, -0.05) is 0 Å². The molecule has 0 aliphatic carbocycles. The maximum Gasteiger partial charge on any atom is 0.410 e. The minimum absolute atomic E-state index is 0.156. The van der Waals surface area contributed by atoms with Gasteiger partial charge >= 0.3 is 12.1 Å². The van der Waals surface area contributed by atoms with Gasteiger partial charge in [-0.05, 0) is 33.6 Å². The Bertz CT molecular complexity index is 756. The number of aliphatic imine (C=N–C) groups is 1. The number of aliphatic carboxylic acids is 1. The minimum Gasteiger partial charge on any atom is -0.479 e. The molecule has 0 bridgehead atoms. The van der Waals surface area contributed by atoms with Crippen molar-refractivity contribution in [2.24, 2.45) is 4.99 Å². The van der Waals surface area contributed by atoms with Crippen molar-refractivity contribution in [3.05, 3.63) is 24.8 Å². The lowest BCUT2D eigenvalue weighted by Crippen LogP contribution is -2.42. The molecule has 1 atom stereocenters. The zero-order chi connectivity index (χ0) is 19.6. The van der Waals surface area contributed by atoms with Crippen LogP contribution < -0.4 is 4.90 Å². The number of anilines is 1. The van der Waals surface area contributed by atoms with Gasteiger partial charge in [0, 0.05) is 37.9 Å². The molecule has 0 saturated carbocycles. The second kappa shape index (κ2) is 7.42. The third kappa shape index (κ3) is 4.47. The molecule has 1 fully saturated rings. The number of rotatable bonds is 3. The summed E-state index contributed by atoms with van der Waals surface area (Å²) in [4.78, 5) is 30.8. The molecule has 2 aliphatic heterocycles. The number of amides is 1. The monoisotopic (exact) mass is 375 g/mol. The number of carboxylic acids is 1. The molecule has 1 N–H and O–H groups in total. The van der Waals surface area contributed by atoms with E-state index in [1.54, 1.807) is 28.4 Å². The molecular weight excluding hydrogens is 350 g/mol. The summed E-state index contributed by atoms with van der Waals surface area (Å²) in [7, 11) is 0. The molecule has 1 unspecified atom stereocenters. The van der Waals surface area contributed by atoms with Crippen LogP contribution in [-0.4, -0.2) is 62.8 Å². The van der Waals surface area contributed by atoms with Crippen molar-refractivity contribution in [3.63, 3.8) is 0 Å². The largest absolute Gasteiger partial charge is 0.479 e. The van der Waals surface area contributed by atoms with Crippen LogP contribution in [0.5, 0.6) is 0 Å². The maximum atomic E-state index is 12.2. The van der Waals surface area contributed by atoms with Crippen molar-refractivity contribution in [2.45, 2.75) is 51.3 Å². The van der Waals surface area contributed by atoms with Crippen molar-refractivity contribution >= 4 is 24.0 Å². The summed E-state index contributed by atoms with van der Waals surface area (Å²) in [6.45, 7) is 6.76. The summed E-state index contributed by atoms with van der Waals surface area (Å²) in [6.07, 6.45) is 9.30. The Labute approximate surface area is 157 Å². The lowest BCUT2D eigenvalue weighted by atomic mass is 10.1. The molecule has 2 aliphatic rings. The number of ether oxygens (including phenoxy) is 1. The first-order chi connectivity index (χ1) is 12.7. The number of carbonyl (C=O) groups is 2. The van der Waals surface area contributed by atoms with E-state index in [1.165, 1.54) is 6.21 Å². The fourth-order valence-corrected chi connectivity index (χ4v) is 3.14. The standard InChI is InChI=1S/C18H25N5O4/c1-18(2,3)27-17(26)21-7-4-13(5-8-21)23-12-14(10-20-23)22-9-6-19-11-15(22)16(24)25/h6,9-13,15H,4-5,7-8H2,1-3H3,(H,24,25). The minimum atomic E-state index is -0.971. The highest BCUT2D eigenvalue weighted by molar-refractivity contribution is 5.98. The predicted molar refractivity (Wildman–Crippen MR) is 99.8 cm³/mol. The van der Waals surface area contributed by atoms with Crippen LogP contribution in [0.25, 0.3) is 0 Å². The lowest BCUT2D eigenvalue weighted by Gasteiger charge is -2.33. The van der Waals surface area contributed by atoms with Crippen LogP contribution in [0.4, 0.5) is 10.5 Å². The summed E-state index contributed by atoms with van der Waals surface area (Å²) < 4.78 is 7.27. The quantitative estimate of drug-likeness (QED) is 0.870. The maximum absolute atomic E-state index is 12.2. The fraction of sp³-hybridized carbons (Fsp3) is 0.556. The van der Waals surface area contributed by atoms with E-state index in [1.807, 2.05) is 31.6 Å². The van der Waals surface area contributed by atoms with Gasteiger partial charge in [-0.15, -0.1) is 0 Å². The highest BCUT2D eigenvalue weighted by atomic mass is 16.6. The lowest BCUT2D eigenvalue weighted by molar-refractivity contribution is -0.136. The molecule has 3 rings (SSSR count). The molecule has 3 heterocycles. The number of hydrogen-bond acceptors (Lipinski definition) is 6. The number of piperidine rings is 1. The second-order valence-electron chi connectivity index (χ2n) is 7.66. The van der Waals surface area contributed by atoms with E-state index < -0.39 is 17.6 Å². The molecule has 146 valence electrons. The molecule has 27 heavy (non-hydrogen) atoms. The van der Waals surface area contributed by atoms with Gasteiger partial charge in [-0.2, -0.15) is 5.10 Å². The van der Waals surface area contributed by atoms with E-state index in [9.17, 15) is 14.7 Å². The summed E-state index contributed by atoms with van der Waals surface area (Å²) in [5.74, 6) is -0.971. The average molecular weight is 375 g/mol. The number of nitrogens with zero attached hydrogens (tertiary/aromatic N) is 5. The summed E-state index contributed by atoms with van der Waals surface area (Å²) in [6, 6.07) is -0.690. The third-order valence-electron chi connectivity index (χ3n) is 4.47. The fourth-order valence-electron chi connectivity index (χ4n) is 3.14. The van der Waals surface area contributed by atoms with E-state index in [4.69, 9.17) is 4.74 Å². The van der Waals surface area contributed by atoms with Gasteiger partial charge in [0.1, 0.15) is 5.60 Å². The molecular formula is C18H25N5O4. The van der Waals surface area contributed by atoms with Gasteiger partial charge in [-0.3, -0.25) is 9.67 Å². The van der Waals surface area contributed by atoms with Crippen molar-refractivity contribution in [3.8, 4) is 0 Å². The average Bonchev–Trinajstić information content (AvgIpc) is 3.10. The van der Waals surface area contributed by atoms with Gasteiger partial charge < -0.3 is 19.6 Å². The number of hydrogen-bond donors (Lipinski definition) is 1. The number of aromatic nitrogens is 2. The Morgan fingerprint density at radius 1 is 1.26 bits per heavy atom. The number of carbonyl (C=O) groups excluding carboxylic acids is 1. The molecule has 9 heteroatoms. The number of likely N-dealkylation sites (tertiary alicyclic amines) is 1. The normalized spacial score (nSPS) is 20.8. The topological polar surface area (TPSA) is 100 Å². The van der Waals surface area contributed by atoms with Crippen LogP contribution in [0.2, 0.25) is 0 Å². The van der Waals surface area contributed by atoms with Crippen LogP contribution in [0.15, 0.2) is 29.8 Å². The first-order valence-electron chi connectivity index (χ1n) is 8.98. The van der Waals surface area contributed by atoms with Crippen LogP contribution in [-0.2, 0) is 9.53 Å². The molecule has 1 aromatic rings. The molecule has 1 saturated heterocycles. The van der Waals surface area contributed by atoms with Gasteiger partial charge in [-0.25, -0.2) is 9.59 Å². The van der Waals surface area contributed by atoms with Gasteiger partial charge in [0.05, 0.1) is 17.9 Å². The van der Waals surface area contributed by atoms with Crippen molar-refractivity contribution in [2.75, 3.05) is 18.0 Å². The summed E-state index contributed by atoms with van der Waals surface area (Å²) in [5.41, 5.74) is 0.191. The Morgan fingerprint density at radius 3 is 2.59 bits per heavy atom. The van der Waals surface area contributed by atoms with E-state index in [2.05, 4.69) is 10.1 Å². The van der Waals surface area contributed by atoms with Crippen LogP contribution in [0, 0.1) is 0 Å². The SMILES string of the molecule is CC(C)(C)OC(=O)N1CCC(n2cc(N3C=CN=CC3C(=O)O)cn2)CC1. The first-order valence-corrected chi connectivity index (χ1v) is 8.98. The van der Waals surface area contributed by atoms with E-state index in [0.29, 0.717) is 18.8 Å². The Kier molecular flexibility index (Phi) is 5.20. The van der Waals surface area contributed by atoms with Crippen LogP contribution in [0.3, 0.4) is 0 Å². The summed E-state index contributed by atoms with van der Waals surface area (Å²) in [5, 5.41) is 13.8. The first kappa shape index (κ1) is 18.9. The highest BCUT2D eigenvalue weighted by Crippen LogP contribution is 2.26. The predicted octanol–water partition coefficient (Wildman–Crippen LogP) is 2.27. The highest BCUT2D eigenvalue weighted by Gasteiger charge is 2.29. The second-order valence-corrected chi connectivity index (χ2v) is 7.66. The summed E-state index contributed by atoms with van der Waals surface area (Å²) >= 11 is 0. The molecule has 0 radical (unpaired) electrons. The Morgan fingerprint density at radius 2 is 1.96 bits per heavy atom.